The molecule has 2 aromatic carbocycles. The number of carbonyl (C=O) groups is 1. The summed E-state index contributed by atoms with van der Waals surface area (Å²) in [6.45, 7) is 1.75. The predicted molar refractivity (Wildman–Crippen MR) is 121 cm³/mol. The van der Waals surface area contributed by atoms with Crippen LogP contribution in [0.4, 0.5) is 10.1 Å². The van der Waals surface area contributed by atoms with E-state index in [4.69, 9.17) is 16.1 Å². The molecule has 0 unspecified atom stereocenters. The van der Waals surface area contributed by atoms with Crippen molar-refractivity contribution in [3.8, 4) is 17.2 Å². The molecule has 4 rings (SSSR count). The molecule has 0 aliphatic heterocycles. The molecule has 0 saturated heterocycles. The Labute approximate surface area is 196 Å². The molecule has 0 radical (unpaired) electrons. The number of aromatic nitrogens is 5. The van der Waals surface area contributed by atoms with Crippen LogP contribution in [0.1, 0.15) is 19.2 Å². The van der Waals surface area contributed by atoms with Gasteiger partial charge in [0.1, 0.15) is 5.82 Å². The van der Waals surface area contributed by atoms with Crippen molar-refractivity contribution in [1.82, 2.24) is 24.5 Å². The molecule has 0 fully saturated rings. The van der Waals surface area contributed by atoms with Crippen LogP contribution in [-0.2, 0) is 17.8 Å². The number of nitrogens with zero attached hydrogens (tertiary/aromatic N) is 5. The molecule has 10 nitrogen and oxygen atoms in total. The number of rotatable bonds is 7. The van der Waals surface area contributed by atoms with Crippen LogP contribution in [0.5, 0.6) is 0 Å². The third-order valence-electron chi connectivity index (χ3n) is 4.80. The van der Waals surface area contributed by atoms with Gasteiger partial charge in [0.25, 0.3) is 5.56 Å². The predicted octanol–water partition coefficient (Wildman–Crippen LogP) is 2.83. The van der Waals surface area contributed by atoms with E-state index in [1.165, 1.54) is 18.2 Å². The largest absolute Gasteiger partial charge is 0.352 e. The molecule has 0 saturated carbocycles. The minimum absolute atomic E-state index is 0.0188. The lowest BCUT2D eigenvalue weighted by Gasteiger charge is -2.09. The van der Waals surface area contributed by atoms with Gasteiger partial charge in [0.15, 0.2) is 5.69 Å². The average molecular weight is 485 g/mol. The number of hydrogen-bond acceptors (Lipinski definition) is 7. The van der Waals surface area contributed by atoms with E-state index < -0.39 is 17.1 Å². The molecular weight excluding hydrogens is 467 g/mol. The summed E-state index contributed by atoms with van der Waals surface area (Å²) >= 11 is 5.92. The van der Waals surface area contributed by atoms with Crippen molar-refractivity contribution in [2.24, 2.45) is 0 Å². The van der Waals surface area contributed by atoms with Crippen LogP contribution in [-0.4, -0.2) is 30.4 Å². The Morgan fingerprint density at radius 3 is 2.65 bits per heavy atom. The highest BCUT2D eigenvalue weighted by Crippen LogP contribution is 2.14. The lowest BCUT2D eigenvalue weighted by atomic mass is 10.2. The third kappa shape index (κ3) is 4.94. The fourth-order valence-corrected chi connectivity index (χ4v) is 3.27. The Bertz CT molecular complexity index is 1460. The van der Waals surface area contributed by atoms with Gasteiger partial charge in [-0.05, 0) is 49.4 Å². The topological polar surface area (TPSA) is 125 Å². The molecule has 0 spiro atoms. The maximum Gasteiger partial charge on any atom is 0.352 e. The summed E-state index contributed by atoms with van der Waals surface area (Å²) in [6.07, 6.45) is 0.0575. The molecule has 0 atom stereocenters. The van der Waals surface area contributed by atoms with E-state index in [9.17, 15) is 18.8 Å². The number of hydrogen-bond donors (Lipinski definition) is 1. The Morgan fingerprint density at radius 2 is 1.94 bits per heavy atom. The monoisotopic (exact) mass is 484 g/mol. The SMILES string of the molecule is CCn1c(=O)c(-c2noc(CCC(=O)Nc3cccc(F)c3)n2)nn(-c2ccc(Cl)cc2)c1=O. The molecule has 2 aromatic heterocycles. The summed E-state index contributed by atoms with van der Waals surface area (Å²) in [4.78, 5) is 41.9. The Kier molecular flexibility index (Phi) is 6.64. The van der Waals surface area contributed by atoms with Crippen molar-refractivity contribution in [2.45, 2.75) is 26.3 Å². The zero-order valence-corrected chi connectivity index (χ0v) is 18.6. The molecule has 1 N–H and O–H groups in total. The van der Waals surface area contributed by atoms with Gasteiger partial charge in [-0.1, -0.05) is 22.8 Å². The first-order valence-corrected chi connectivity index (χ1v) is 10.6. The van der Waals surface area contributed by atoms with Gasteiger partial charge in [-0.15, -0.1) is 0 Å². The molecule has 2 heterocycles. The minimum Gasteiger partial charge on any atom is -0.339 e. The van der Waals surface area contributed by atoms with Gasteiger partial charge in [-0.2, -0.15) is 14.8 Å². The number of amides is 1. The van der Waals surface area contributed by atoms with Crippen LogP contribution in [0.3, 0.4) is 0 Å². The Morgan fingerprint density at radius 1 is 1.18 bits per heavy atom. The molecule has 12 heteroatoms. The van der Waals surface area contributed by atoms with E-state index in [0.717, 1.165) is 9.25 Å². The van der Waals surface area contributed by atoms with Crippen LogP contribution in [0.2, 0.25) is 5.02 Å². The average Bonchev–Trinajstić information content (AvgIpc) is 3.28. The second-order valence-corrected chi connectivity index (χ2v) is 7.58. The van der Waals surface area contributed by atoms with Crippen LogP contribution < -0.4 is 16.6 Å². The number of carbonyl (C=O) groups excluding carboxylic acids is 1. The van der Waals surface area contributed by atoms with E-state index in [2.05, 4.69) is 20.6 Å². The summed E-state index contributed by atoms with van der Waals surface area (Å²) < 4.78 is 20.5. The van der Waals surface area contributed by atoms with Gasteiger partial charge in [0.05, 0.1) is 5.69 Å². The molecule has 0 bridgehead atoms. The van der Waals surface area contributed by atoms with Gasteiger partial charge in [0, 0.05) is 30.1 Å². The zero-order chi connectivity index (χ0) is 24.2. The first-order chi connectivity index (χ1) is 16.4. The van der Waals surface area contributed by atoms with Gasteiger partial charge in [0.2, 0.25) is 17.6 Å². The minimum atomic E-state index is -0.672. The van der Waals surface area contributed by atoms with Crippen LogP contribution in [0.15, 0.2) is 62.6 Å². The van der Waals surface area contributed by atoms with Gasteiger partial charge in [-0.25, -0.2) is 9.18 Å². The molecule has 1 amide bonds. The van der Waals surface area contributed by atoms with E-state index >= 15 is 0 Å². The lowest BCUT2D eigenvalue weighted by Crippen LogP contribution is -2.41. The molecular formula is C22H18ClFN6O4. The number of nitrogens with one attached hydrogen (secondary N) is 1. The highest BCUT2D eigenvalue weighted by Gasteiger charge is 2.20. The van der Waals surface area contributed by atoms with Gasteiger partial charge >= 0.3 is 5.69 Å². The van der Waals surface area contributed by atoms with Crippen molar-refractivity contribution in [3.63, 3.8) is 0 Å². The number of halogens is 2. The first-order valence-electron chi connectivity index (χ1n) is 10.2. The van der Waals surface area contributed by atoms with E-state index in [0.29, 0.717) is 16.4 Å². The quantitative estimate of drug-likeness (QED) is 0.427. The highest BCUT2D eigenvalue weighted by molar-refractivity contribution is 6.30. The fourth-order valence-electron chi connectivity index (χ4n) is 3.15. The van der Waals surface area contributed by atoms with Crippen molar-refractivity contribution in [1.29, 1.82) is 0 Å². The maximum absolute atomic E-state index is 13.3. The second-order valence-electron chi connectivity index (χ2n) is 7.14. The summed E-state index contributed by atoms with van der Waals surface area (Å²) in [7, 11) is 0. The van der Waals surface area contributed by atoms with Gasteiger partial charge in [-0.3, -0.25) is 14.2 Å². The smallest absolute Gasteiger partial charge is 0.339 e. The van der Waals surface area contributed by atoms with E-state index in [1.807, 2.05) is 0 Å². The van der Waals surface area contributed by atoms with Crippen molar-refractivity contribution < 1.29 is 13.7 Å². The standard InChI is InChI=1S/C22H18ClFN6O4/c1-2-29-21(32)19(27-30(22(29)33)16-8-6-13(23)7-9-16)20-26-18(34-28-20)11-10-17(31)25-15-5-3-4-14(24)12-15/h3-9,12H,2,10-11H2,1H3,(H,25,31). The second kappa shape index (κ2) is 9.79. The lowest BCUT2D eigenvalue weighted by molar-refractivity contribution is -0.116. The molecule has 0 aliphatic rings. The van der Waals surface area contributed by atoms with E-state index in [1.54, 1.807) is 37.3 Å². The van der Waals surface area contributed by atoms with Crippen LogP contribution in [0.25, 0.3) is 17.2 Å². The molecule has 174 valence electrons. The summed E-state index contributed by atoms with van der Waals surface area (Å²) in [5, 5.41) is 11.0. The Balaban J connectivity index is 1.57. The normalized spacial score (nSPS) is 10.9. The first kappa shape index (κ1) is 23.1. The number of anilines is 1. The summed E-state index contributed by atoms with van der Waals surface area (Å²) in [6, 6.07) is 11.9. The van der Waals surface area contributed by atoms with Gasteiger partial charge < -0.3 is 9.84 Å². The van der Waals surface area contributed by atoms with Crippen LogP contribution >= 0.6 is 11.6 Å². The Hall–Kier alpha value is -4.12. The summed E-state index contributed by atoms with van der Waals surface area (Å²) in [5.74, 6) is -0.869. The maximum atomic E-state index is 13.3. The molecule has 0 aliphatic carbocycles. The fraction of sp³-hybridized carbons (Fsp3) is 0.182. The van der Waals surface area contributed by atoms with E-state index in [-0.39, 0.29) is 42.7 Å². The van der Waals surface area contributed by atoms with Crippen molar-refractivity contribution in [2.75, 3.05) is 5.32 Å². The van der Waals surface area contributed by atoms with Crippen molar-refractivity contribution >= 4 is 23.2 Å². The molecule has 34 heavy (non-hydrogen) atoms. The highest BCUT2D eigenvalue weighted by atomic mass is 35.5. The third-order valence-corrected chi connectivity index (χ3v) is 5.05. The van der Waals surface area contributed by atoms with Crippen LogP contribution in [0, 0.1) is 5.82 Å². The zero-order valence-electron chi connectivity index (χ0n) is 17.9. The number of benzene rings is 2. The van der Waals surface area contributed by atoms with Crippen molar-refractivity contribution in [3.05, 3.63) is 86.1 Å². The molecule has 4 aromatic rings. The summed E-state index contributed by atoms with van der Waals surface area (Å²) in [5.41, 5.74) is -0.763. The number of aryl methyl sites for hydroxylation is 1.